The van der Waals surface area contributed by atoms with E-state index in [-0.39, 0.29) is 29.5 Å². The van der Waals surface area contributed by atoms with Crippen LogP contribution in [0.2, 0.25) is 5.02 Å². The third-order valence-electron chi connectivity index (χ3n) is 3.89. The van der Waals surface area contributed by atoms with Crippen molar-refractivity contribution >= 4 is 23.4 Å². The summed E-state index contributed by atoms with van der Waals surface area (Å²) in [4.78, 5) is 32.8. The van der Waals surface area contributed by atoms with Crippen molar-refractivity contribution in [3.8, 4) is 0 Å². The number of fused-ring (bicyclic) bond motifs is 1. The predicted molar refractivity (Wildman–Crippen MR) is 84.3 cm³/mol. The Kier molecular flexibility index (Phi) is 4.57. The molecule has 0 aliphatic carbocycles. The van der Waals surface area contributed by atoms with E-state index in [1.54, 1.807) is 0 Å². The molecule has 0 bridgehead atoms. The van der Waals surface area contributed by atoms with Crippen molar-refractivity contribution in [1.82, 2.24) is 14.9 Å². The van der Waals surface area contributed by atoms with Crippen LogP contribution in [0.1, 0.15) is 37.8 Å². The first kappa shape index (κ1) is 18.1. The Hall–Kier alpha value is -2.68. The van der Waals surface area contributed by atoms with Crippen LogP contribution in [0.15, 0.2) is 18.2 Å². The second-order valence-corrected chi connectivity index (χ2v) is 6.02. The van der Waals surface area contributed by atoms with Gasteiger partial charge in [0.25, 0.3) is 11.8 Å². The summed E-state index contributed by atoms with van der Waals surface area (Å²) in [7, 11) is 0. The highest BCUT2D eigenvalue weighted by Gasteiger charge is 2.33. The van der Waals surface area contributed by atoms with Gasteiger partial charge in [0.05, 0.1) is 34.6 Å². The van der Waals surface area contributed by atoms with Crippen molar-refractivity contribution in [2.75, 3.05) is 6.54 Å². The molecule has 3 rings (SSSR count). The molecule has 2 amide bonds. The van der Waals surface area contributed by atoms with E-state index < -0.39 is 23.6 Å². The molecule has 135 valence electrons. The fourth-order valence-corrected chi connectivity index (χ4v) is 2.76. The first-order valence-corrected chi connectivity index (χ1v) is 7.78. The number of rotatable bonds is 2. The lowest BCUT2D eigenvalue weighted by Gasteiger charge is -2.28. The Morgan fingerprint density at radius 1 is 1.31 bits per heavy atom. The number of hydrogen-bond acceptors (Lipinski definition) is 4. The molecule has 2 heterocycles. The molecule has 26 heavy (non-hydrogen) atoms. The fraction of sp³-hybridized carbons (Fsp3) is 0.250. The number of carbonyl (C=O) groups excluding carboxylic acids is 2. The van der Waals surface area contributed by atoms with Gasteiger partial charge in [0.15, 0.2) is 0 Å². The molecule has 1 aromatic heterocycles. The minimum absolute atomic E-state index is 0.0138. The van der Waals surface area contributed by atoms with Gasteiger partial charge in [0.2, 0.25) is 5.82 Å². The van der Waals surface area contributed by atoms with Crippen molar-refractivity contribution in [3.63, 3.8) is 0 Å². The summed E-state index contributed by atoms with van der Waals surface area (Å²) in [6.45, 7) is 0.216. The van der Waals surface area contributed by atoms with E-state index in [0.717, 1.165) is 18.2 Å². The monoisotopic (exact) mass is 383 g/mol. The van der Waals surface area contributed by atoms with Crippen molar-refractivity contribution in [1.29, 1.82) is 0 Å². The van der Waals surface area contributed by atoms with Crippen LogP contribution in [0.3, 0.4) is 0 Å². The molecule has 0 saturated heterocycles. The van der Waals surface area contributed by atoms with Crippen molar-refractivity contribution < 1.29 is 22.8 Å². The van der Waals surface area contributed by atoms with E-state index in [1.807, 2.05) is 0 Å². The Morgan fingerprint density at radius 2 is 2.04 bits per heavy atom. The molecule has 0 spiro atoms. The zero-order chi connectivity index (χ0) is 19.1. The third kappa shape index (κ3) is 3.48. The molecule has 1 aliphatic heterocycles. The van der Waals surface area contributed by atoms with Gasteiger partial charge in [0.1, 0.15) is 0 Å². The lowest BCUT2D eigenvalue weighted by atomic mass is 10.0. The summed E-state index contributed by atoms with van der Waals surface area (Å²) in [6, 6.07) is 2.57. The van der Waals surface area contributed by atoms with Crippen LogP contribution in [-0.4, -0.2) is 33.2 Å². The molecule has 0 saturated carbocycles. The molecule has 10 heteroatoms. The van der Waals surface area contributed by atoms with Crippen LogP contribution in [0.4, 0.5) is 13.2 Å². The van der Waals surface area contributed by atoms with E-state index in [0.29, 0.717) is 17.7 Å². The molecule has 1 radical (unpaired) electrons. The summed E-state index contributed by atoms with van der Waals surface area (Å²) >= 11 is 5.92. The number of halogens is 4. The number of benzene rings is 1. The van der Waals surface area contributed by atoms with Crippen LogP contribution in [0, 0.1) is 6.20 Å². The Balaban J connectivity index is 1.90. The lowest BCUT2D eigenvalue weighted by Crippen LogP contribution is -2.37. The largest absolute Gasteiger partial charge is 0.416 e. The smallest absolute Gasteiger partial charge is 0.363 e. The highest BCUT2D eigenvalue weighted by atomic mass is 35.5. The van der Waals surface area contributed by atoms with Gasteiger partial charge < -0.3 is 10.6 Å². The van der Waals surface area contributed by atoms with Gasteiger partial charge in [-0.05, 0) is 24.6 Å². The van der Waals surface area contributed by atoms with Crippen LogP contribution >= 0.6 is 11.6 Å². The zero-order valence-electron chi connectivity index (χ0n) is 13.1. The number of hydrogen-bond donors (Lipinski definition) is 1. The van der Waals surface area contributed by atoms with Crippen LogP contribution in [0.5, 0.6) is 0 Å². The average molecular weight is 384 g/mol. The molecule has 6 nitrogen and oxygen atoms in total. The van der Waals surface area contributed by atoms with Crippen LogP contribution < -0.4 is 5.73 Å². The van der Waals surface area contributed by atoms with E-state index in [1.165, 1.54) is 4.90 Å². The molecular formula is C16H11ClF3N4O2. The van der Waals surface area contributed by atoms with E-state index in [4.69, 9.17) is 17.3 Å². The number of primary amides is 1. The number of alkyl halides is 3. The molecule has 0 fully saturated rings. The van der Waals surface area contributed by atoms with E-state index in [2.05, 4.69) is 16.2 Å². The van der Waals surface area contributed by atoms with Gasteiger partial charge in [-0.15, -0.1) is 0 Å². The summed E-state index contributed by atoms with van der Waals surface area (Å²) in [5, 5.41) is -0.0825. The SMILES string of the molecule is NC(=O)c1n[c]c2c(n1)CN(C(=O)c1cc(C(F)(F)F)ccc1Cl)CC2. The second kappa shape index (κ2) is 6.56. The van der Waals surface area contributed by atoms with E-state index >= 15 is 0 Å². The molecular weight excluding hydrogens is 373 g/mol. The average Bonchev–Trinajstić information content (AvgIpc) is 2.59. The molecule has 0 atom stereocenters. The normalized spacial score (nSPS) is 14.1. The zero-order valence-corrected chi connectivity index (χ0v) is 13.9. The number of nitrogens with two attached hydrogens (primary N) is 1. The number of aromatic nitrogens is 2. The maximum absolute atomic E-state index is 12.9. The quantitative estimate of drug-likeness (QED) is 0.861. The summed E-state index contributed by atoms with van der Waals surface area (Å²) < 4.78 is 38.7. The topological polar surface area (TPSA) is 89.2 Å². The Bertz CT molecular complexity index is 902. The van der Waals surface area contributed by atoms with Gasteiger partial charge in [-0.2, -0.15) is 13.2 Å². The van der Waals surface area contributed by atoms with Gasteiger partial charge >= 0.3 is 6.18 Å². The van der Waals surface area contributed by atoms with Crippen molar-refractivity contribution in [3.05, 3.63) is 57.6 Å². The fourth-order valence-electron chi connectivity index (χ4n) is 2.56. The first-order chi connectivity index (χ1) is 12.2. The molecule has 1 aromatic carbocycles. The van der Waals surface area contributed by atoms with Crippen molar-refractivity contribution in [2.24, 2.45) is 5.73 Å². The summed E-state index contributed by atoms with van der Waals surface area (Å²) in [6.07, 6.45) is -1.59. The van der Waals surface area contributed by atoms with Gasteiger partial charge in [-0.25, -0.2) is 9.97 Å². The molecule has 2 aromatic rings. The summed E-state index contributed by atoms with van der Waals surface area (Å²) in [5.74, 6) is -1.74. The van der Waals surface area contributed by atoms with Gasteiger partial charge in [0, 0.05) is 12.1 Å². The summed E-state index contributed by atoms with van der Waals surface area (Å²) in [5.41, 5.74) is 4.90. The van der Waals surface area contributed by atoms with Crippen LogP contribution in [0.25, 0.3) is 0 Å². The predicted octanol–water partition coefficient (Wildman–Crippen LogP) is 2.25. The minimum Gasteiger partial charge on any atom is -0.363 e. The number of carbonyl (C=O) groups is 2. The Labute approximate surface area is 150 Å². The van der Waals surface area contributed by atoms with Crippen molar-refractivity contribution in [2.45, 2.75) is 19.1 Å². The minimum atomic E-state index is -4.59. The van der Waals surface area contributed by atoms with Gasteiger partial charge in [-0.1, -0.05) is 11.6 Å². The molecule has 2 N–H and O–H groups in total. The van der Waals surface area contributed by atoms with Crippen LogP contribution in [-0.2, 0) is 19.1 Å². The maximum Gasteiger partial charge on any atom is 0.416 e. The number of amides is 2. The maximum atomic E-state index is 12.9. The highest BCUT2D eigenvalue weighted by molar-refractivity contribution is 6.33. The third-order valence-corrected chi connectivity index (χ3v) is 4.22. The Morgan fingerprint density at radius 3 is 2.69 bits per heavy atom. The standard InChI is InChI=1S/C16H11ClF3N4O2/c17-11-2-1-9(16(18,19)20)5-10(11)15(26)24-4-3-8-6-22-14(13(21)25)23-12(8)7-24/h1-2,5H,3-4,7H2,(H2,21,25). The highest BCUT2D eigenvalue weighted by Crippen LogP contribution is 2.32. The lowest BCUT2D eigenvalue weighted by molar-refractivity contribution is -0.137. The molecule has 1 aliphatic rings. The van der Waals surface area contributed by atoms with E-state index in [9.17, 15) is 22.8 Å². The second-order valence-electron chi connectivity index (χ2n) is 5.62. The number of nitrogens with zero attached hydrogens (tertiary/aromatic N) is 3. The first-order valence-electron chi connectivity index (χ1n) is 7.40. The van der Waals surface area contributed by atoms with Gasteiger partial charge in [-0.3, -0.25) is 9.59 Å². The molecule has 0 unspecified atom stereocenters.